The van der Waals surface area contributed by atoms with E-state index in [0.717, 1.165) is 38.0 Å². The van der Waals surface area contributed by atoms with Crippen molar-refractivity contribution in [3.05, 3.63) is 242 Å². The van der Waals surface area contributed by atoms with Crippen LogP contribution in [-0.2, 0) is 0 Å². The Hall–Kier alpha value is -8.40. The highest BCUT2D eigenvalue weighted by molar-refractivity contribution is 6.13. The van der Waals surface area contributed by atoms with Crippen molar-refractivity contribution in [2.45, 2.75) is 0 Å². The fourth-order valence-corrected chi connectivity index (χ4v) is 7.89. The number of para-hydroxylation sites is 5. The maximum atomic E-state index is 9.83. The zero-order chi connectivity index (χ0) is 62.6. The first-order chi connectivity index (χ1) is 41.3. The number of furan rings is 1. The quantitative estimate of drug-likeness (QED) is 0.152. The molecular formula is C60H40N2O. The van der Waals surface area contributed by atoms with E-state index in [0.29, 0.717) is 5.56 Å². The van der Waals surface area contributed by atoms with Crippen molar-refractivity contribution < 1.29 is 37.3 Å². The standard InChI is InChI=1S/C60H40N2O/c1-3-15-41(16-4-1)42-29-35-46(36-30-42)61(47-37-31-44(32-38-47)49-19-7-10-26-56(49)62-57-27-11-8-20-52(57)53-21-9-12-28-58(53)62)48-39-33-45(34-40-48)51-23-14-25-55-54-24-13-22-50(59(54)63-60(51)55)43-17-5-2-6-18-43/h1-40H/i1D,2D,3D,4D,5D,6D,13D,14D,15D,16D,17D,18D,22D,23D,24D,25D,29D,30D,33D,34D,35D,36D,39D,40D. The van der Waals surface area contributed by atoms with Crippen LogP contribution >= 0.6 is 0 Å². The van der Waals surface area contributed by atoms with Crippen LogP contribution in [0.15, 0.2) is 246 Å². The fourth-order valence-electron chi connectivity index (χ4n) is 7.89. The van der Waals surface area contributed by atoms with Crippen molar-refractivity contribution in [3.63, 3.8) is 0 Å². The fraction of sp³-hybridized carbons (Fsp3) is 0. The smallest absolute Gasteiger partial charge is 0.143 e. The largest absolute Gasteiger partial charge is 0.455 e. The molecule has 10 aromatic carbocycles. The molecule has 12 rings (SSSR count). The van der Waals surface area contributed by atoms with E-state index >= 15 is 0 Å². The van der Waals surface area contributed by atoms with Crippen LogP contribution in [0.3, 0.4) is 0 Å². The molecule has 0 aliphatic carbocycles. The van der Waals surface area contributed by atoms with Gasteiger partial charge in [0.1, 0.15) is 11.2 Å². The van der Waals surface area contributed by atoms with Crippen molar-refractivity contribution >= 4 is 60.8 Å². The highest BCUT2D eigenvalue weighted by atomic mass is 16.3. The number of rotatable bonds is 8. The Morgan fingerprint density at radius 2 is 0.810 bits per heavy atom. The molecule has 2 aromatic heterocycles. The summed E-state index contributed by atoms with van der Waals surface area (Å²) < 4.78 is 225. The second-order valence-corrected chi connectivity index (χ2v) is 14.2. The number of nitrogens with zero attached hydrogens (tertiary/aromatic N) is 2. The number of anilines is 3. The van der Waals surface area contributed by atoms with Gasteiger partial charge >= 0.3 is 0 Å². The molecule has 0 atom stereocenters. The van der Waals surface area contributed by atoms with Crippen LogP contribution in [0.1, 0.15) is 32.9 Å². The van der Waals surface area contributed by atoms with Crippen molar-refractivity contribution in [2.24, 2.45) is 0 Å². The van der Waals surface area contributed by atoms with Gasteiger partial charge in [0.15, 0.2) is 0 Å². The summed E-state index contributed by atoms with van der Waals surface area (Å²) in [6, 6.07) is 8.93. The van der Waals surface area contributed by atoms with Gasteiger partial charge in [0.2, 0.25) is 0 Å². The Balaban J connectivity index is 1.13. The van der Waals surface area contributed by atoms with Crippen LogP contribution in [0, 0.1) is 0 Å². The number of hydrogen-bond donors (Lipinski definition) is 0. The van der Waals surface area contributed by atoms with E-state index in [2.05, 4.69) is 4.57 Å². The molecular weight excluding hydrogens is 765 g/mol. The molecule has 0 bridgehead atoms. The first-order valence-corrected chi connectivity index (χ1v) is 19.6. The highest BCUT2D eigenvalue weighted by Gasteiger charge is 2.19. The minimum atomic E-state index is -0.967. The third-order valence-electron chi connectivity index (χ3n) is 10.7. The second-order valence-electron chi connectivity index (χ2n) is 14.2. The van der Waals surface area contributed by atoms with E-state index < -0.39 is 212 Å². The normalized spacial score (nSPS) is 16.8. The minimum absolute atomic E-state index is 0.0635. The Morgan fingerprint density at radius 3 is 1.40 bits per heavy atom. The molecule has 0 N–H and O–H groups in total. The van der Waals surface area contributed by atoms with Gasteiger partial charge in [0.25, 0.3) is 0 Å². The molecule has 0 radical (unpaired) electrons. The first kappa shape index (κ1) is 19.5. The second kappa shape index (κ2) is 15.3. The number of hydrogen-bond acceptors (Lipinski definition) is 2. The Bertz CT molecular complexity index is 4890. The van der Waals surface area contributed by atoms with Gasteiger partial charge in [-0.05, 0) is 82.3 Å². The third kappa shape index (κ3) is 6.29. The highest BCUT2D eigenvalue weighted by Crippen LogP contribution is 2.43. The molecule has 0 fully saturated rings. The molecule has 0 saturated carbocycles. The first-order valence-electron chi connectivity index (χ1n) is 31.6. The number of benzene rings is 10. The van der Waals surface area contributed by atoms with Crippen LogP contribution < -0.4 is 4.90 Å². The molecule has 2 heterocycles. The topological polar surface area (TPSA) is 21.3 Å². The summed E-state index contributed by atoms with van der Waals surface area (Å²) in [7, 11) is 0. The van der Waals surface area contributed by atoms with Gasteiger partial charge < -0.3 is 13.9 Å². The van der Waals surface area contributed by atoms with Crippen molar-refractivity contribution in [1.82, 2.24) is 4.57 Å². The van der Waals surface area contributed by atoms with E-state index in [9.17, 15) is 12.3 Å². The van der Waals surface area contributed by atoms with Crippen LogP contribution in [0.25, 0.3) is 93.9 Å². The number of fused-ring (bicyclic) bond motifs is 6. The maximum absolute atomic E-state index is 9.83. The zero-order valence-electron chi connectivity index (χ0n) is 56.5. The monoisotopic (exact) mass is 828 g/mol. The lowest BCUT2D eigenvalue weighted by molar-refractivity contribution is 0.671. The molecule has 12 aromatic rings. The summed E-state index contributed by atoms with van der Waals surface area (Å²) in [6.07, 6.45) is 0. The van der Waals surface area contributed by atoms with E-state index in [1.165, 1.54) is 12.1 Å². The van der Waals surface area contributed by atoms with Gasteiger partial charge in [-0.25, -0.2) is 0 Å². The Kier molecular flexibility index (Phi) is 4.73. The Labute approximate surface area is 399 Å². The molecule has 0 amide bonds. The Morgan fingerprint density at radius 1 is 0.333 bits per heavy atom. The van der Waals surface area contributed by atoms with Gasteiger partial charge in [-0.3, -0.25) is 0 Å². The van der Waals surface area contributed by atoms with Crippen molar-refractivity contribution in [1.29, 1.82) is 0 Å². The molecule has 0 unspecified atom stereocenters. The van der Waals surface area contributed by atoms with E-state index in [4.69, 9.17) is 25.0 Å². The van der Waals surface area contributed by atoms with Gasteiger partial charge in [-0.2, -0.15) is 0 Å². The van der Waals surface area contributed by atoms with Crippen LogP contribution in [0.5, 0.6) is 0 Å². The zero-order valence-corrected chi connectivity index (χ0v) is 32.5. The van der Waals surface area contributed by atoms with Gasteiger partial charge in [0, 0.05) is 55.3 Å². The van der Waals surface area contributed by atoms with Crippen molar-refractivity contribution in [2.75, 3.05) is 4.90 Å². The van der Waals surface area contributed by atoms with E-state index in [1.54, 1.807) is 12.1 Å². The average molecular weight is 829 g/mol. The summed E-state index contributed by atoms with van der Waals surface area (Å²) in [6.45, 7) is 0. The lowest BCUT2D eigenvalue weighted by atomic mass is 9.99. The molecule has 0 aliphatic heterocycles. The van der Waals surface area contributed by atoms with Gasteiger partial charge in [0.05, 0.1) is 49.6 Å². The van der Waals surface area contributed by atoms with E-state index in [-0.39, 0.29) is 5.69 Å². The summed E-state index contributed by atoms with van der Waals surface area (Å²) in [5.74, 6) is 0. The molecule has 0 saturated heterocycles. The van der Waals surface area contributed by atoms with Crippen LogP contribution in [-0.4, -0.2) is 4.57 Å². The predicted octanol–water partition coefficient (Wildman–Crippen LogP) is 16.8. The average Bonchev–Trinajstić information content (AvgIpc) is 1.69. The predicted molar refractivity (Wildman–Crippen MR) is 264 cm³/mol. The number of aromatic nitrogens is 1. The summed E-state index contributed by atoms with van der Waals surface area (Å²) in [4.78, 5) is 0.950. The maximum Gasteiger partial charge on any atom is 0.143 e. The summed E-state index contributed by atoms with van der Waals surface area (Å²) >= 11 is 0. The molecule has 296 valence electrons. The van der Waals surface area contributed by atoms with Crippen molar-refractivity contribution in [3.8, 4) is 50.2 Å². The molecule has 3 nitrogen and oxygen atoms in total. The van der Waals surface area contributed by atoms with Gasteiger partial charge in [-0.15, -0.1) is 0 Å². The lowest BCUT2D eigenvalue weighted by Gasteiger charge is -2.26. The van der Waals surface area contributed by atoms with Crippen LogP contribution in [0.2, 0.25) is 0 Å². The molecule has 0 spiro atoms. The van der Waals surface area contributed by atoms with Crippen LogP contribution in [0.4, 0.5) is 17.1 Å². The third-order valence-corrected chi connectivity index (χ3v) is 10.7. The molecule has 63 heavy (non-hydrogen) atoms. The minimum Gasteiger partial charge on any atom is -0.455 e. The molecule has 0 aliphatic rings. The molecule has 3 heteroatoms. The van der Waals surface area contributed by atoms with E-state index in [1.807, 2.05) is 72.8 Å². The van der Waals surface area contributed by atoms with Gasteiger partial charge in [-0.1, -0.05) is 188 Å². The summed E-state index contributed by atoms with van der Waals surface area (Å²) in [5, 5.41) is 1.04. The lowest BCUT2D eigenvalue weighted by Crippen LogP contribution is -2.09. The summed E-state index contributed by atoms with van der Waals surface area (Å²) in [5.41, 5.74) is -2.72. The SMILES string of the molecule is [2H]c1c([2H])c([2H])c(-c2c([2H])c([2H])c(N(c3ccc(-c4ccccc4-n4c5ccccc5c5ccccc54)cc3)c3c([2H])c([2H])c(-c4c([2H])c([2H])c([2H])c5c4oc4c(-c6c([2H])c([2H])c([2H])c([2H])c6[2H])c([2H])c([2H])c([2H])c45)c([2H])c3[2H])c([2H])c2[2H])c([2H])c1[2H].